The van der Waals surface area contributed by atoms with Crippen LogP contribution in [0.15, 0.2) is 42.6 Å². The molecule has 1 amide bonds. The van der Waals surface area contributed by atoms with Crippen molar-refractivity contribution >= 4 is 11.7 Å². The number of aromatic nitrogens is 1. The summed E-state index contributed by atoms with van der Waals surface area (Å²) >= 11 is 0. The molecular formula is C23H33N3O. The summed E-state index contributed by atoms with van der Waals surface area (Å²) in [5, 5.41) is 2.98. The Balaban J connectivity index is 2.17. The number of nitrogens with one attached hydrogen (secondary N) is 1. The Bertz CT molecular complexity index is 753. The van der Waals surface area contributed by atoms with E-state index < -0.39 is 5.41 Å². The number of carbonyl (C=O) groups excluding carboxylic acids is 1. The molecule has 0 bridgehead atoms. The standard InChI is InChI=1S/C23H33N3O/c1-7-23(5,6)22(27)25-21-13-20(18(4)14-24-21)16-26(17(2)3)15-19-11-9-8-10-12-19/h8-14,17H,7,15-16H2,1-6H3,(H,24,25,27). The number of carbonyl (C=O) groups is 1. The lowest BCUT2D eigenvalue weighted by molar-refractivity contribution is -0.124. The van der Waals surface area contributed by atoms with Crippen LogP contribution in [0.2, 0.25) is 0 Å². The normalized spacial score (nSPS) is 11.9. The maximum atomic E-state index is 12.5. The van der Waals surface area contributed by atoms with Crippen LogP contribution in [0, 0.1) is 12.3 Å². The Morgan fingerprint density at radius 3 is 2.44 bits per heavy atom. The van der Waals surface area contributed by atoms with E-state index in [1.165, 1.54) is 11.1 Å². The molecule has 27 heavy (non-hydrogen) atoms. The lowest BCUT2D eigenvalue weighted by atomic mass is 9.89. The number of hydrogen-bond donors (Lipinski definition) is 1. The quantitative estimate of drug-likeness (QED) is 0.699. The van der Waals surface area contributed by atoms with Gasteiger partial charge in [-0.25, -0.2) is 4.98 Å². The van der Waals surface area contributed by atoms with E-state index in [0.717, 1.165) is 25.1 Å². The van der Waals surface area contributed by atoms with Crippen LogP contribution in [0.3, 0.4) is 0 Å². The van der Waals surface area contributed by atoms with Crippen LogP contribution < -0.4 is 5.32 Å². The Hall–Kier alpha value is -2.20. The molecule has 0 saturated carbocycles. The molecular weight excluding hydrogens is 334 g/mol. The van der Waals surface area contributed by atoms with E-state index in [1.807, 2.05) is 39.1 Å². The fourth-order valence-electron chi connectivity index (χ4n) is 2.71. The second-order valence-corrected chi connectivity index (χ2v) is 8.17. The van der Waals surface area contributed by atoms with Crippen molar-refractivity contribution in [1.29, 1.82) is 0 Å². The van der Waals surface area contributed by atoms with Crippen LogP contribution in [-0.2, 0) is 17.9 Å². The van der Waals surface area contributed by atoms with E-state index >= 15 is 0 Å². The molecule has 0 saturated heterocycles. The van der Waals surface area contributed by atoms with Gasteiger partial charge >= 0.3 is 0 Å². The highest BCUT2D eigenvalue weighted by molar-refractivity contribution is 5.94. The highest BCUT2D eigenvalue weighted by Gasteiger charge is 2.25. The van der Waals surface area contributed by atoms with Gasteiger partial charge in [0, 0.05) is 30.7 Å². The second kappa shape index (κ2) is 9.14. The van der Waals surface area contributed by atoms with Gasteiger partial charge in [-0.15, -0.1) is 0 Å². The number of benzene rings is 1. The average molecular weight is 368 g/mol. The Kier molecular flexibility index (Phi) is 7.14. The van der Waals surface area contributed by atoms with Crippen molar-refractivity contribution in [3.63, 3.8) is 0 Å². The number of amides is 1. The van der Waals surface area contributed by atoms with E-state index in [2.05, 4.69) is 60.2 Å². The maximum Gasteiger partial charge on any atom is 0.231 e. The fraction of sp³-hybridized carbons (Fsp3) is 0.478. The topological polar surface area (TPSA) is 45.2 Å². The molecule has 0 aliphatic rings. The highest BCUT2D eigenvalue weighted by Crippen LogP contribution is 2.23. The third kappa shape index (κ3) is 5.90. The van der Waals surface area contributed by atoms with Crippen LogP contribution in [0.25, 0.3) is 0 Å². The van der Waals surface area contributed by atoms with Gasteiger partial charge in [-0.2, -0.15) is 0 Å². The summed E-state index contributed by atoms with van der Waals surface area (Å²) in [5.74, 6) is 0.642. The summed E-state index contributed by atoms with van der Waals surface area (Å²) in [5.41, 5.74) is 3.24. The number of aryl methyl sites for hydroxylation is 1. The third-order valence-electron chi connectivity index (χ3n) is 5.29. The zero-order valence-electron chi connectivity index (χ0n) is 17.5. The van der Waals surface area contributed by atoms with Crippen molar-refractivity contribution < 1.29 is 4.79 Å². The van der Waals surface area contributed by atoms with E-state index in [9.17, 15) is 4.79 Å². The molecule has 2 rings (SSSR count). The molecule has 0 unspecified atom stereocenters. The molecule has 0 aliphatic heterocycles. The molecule has 1 aromatic heterocycles. The molecule has 4 heteroatoms. The first-order valence-electron chi connectivity index (χ1n) is 9.78. The molecule has 1 aromatic carbocycles. The van der Waals surface area contributed by atoms with Crippen molar-refractivity contribution in [3.8, 4) is 0 Å². The van der Waals surface area contributed by atoms with E-state index in [1.54, 1.807) is 0 Å². The summed E-state index contributed by atoms with van der Waals surface area (Å²) in [4.78, 5) is 19.3. The summed E-state index contributed by atoms with van der Waals surface area (Å²) < 4.78 is 0. The fourth-order valence-corrected chi connectivity index (χ4v) is 2.71. The average Bonchev–Trinajstić information content (AvgIpc) is 2.64. The Labute approximate surface area is 164 Å². The SMILES string of the molecule is CCC(C)(C)C(=O)Nc1cc(CN(Cc2ccccc2)C(C)C)c(C)cn1. The van der Waals surface area contributed by atoms with Crippen molar-refractivity contribution in [2.75, 3.05) is 5.32 Å². The summed E-state index contributed by atoms with van der Waals surface area (Å²) in [6, 6.07) is 12.9. The van der Waals surface area contributed by atoms with Crippen molar-refractivity contribution in [2.24, 2.45) is 5.41 Å². The molecule has 1 heterocycles. The van der Waals surface area contributed by atoms with Crippen LogP contribution in [0.4, 0.5) is 5.82 Å². The van der Waals surface area contributed by atoms with Crippen LogP contribution in [0.5, 0.6) is 0 Å². The summed E-state index contributed by atoms with van der Waals surface area (Å²) in [6.45, 7) is 14.2. The maximum absolute atomic E-state index is 12.5. The minimum Gasteiger partial charge on any atom is -0.310 e. The highest BCUT2D eigenvalue weighted by atomic mass is 16.2. The molecule has 146 valence electrons. The number of nitrogens with zero attached hydrogens (tertiary/aromatic N) is 2. The van der Waals surface area contributed by atoms with E-state index in [4.69, 9.17) is 0 Å². The molecule has 0 atom stereocenters. The van der Waals surface area contributed by atoms with Crippen molar-refractivity contribution in [2.45, 2.75) is 67.1 Å². The predicted molar refractivity (Wildman–Crippen MR) is 113 cm³/mol. The van der Waals surface area contributed by atoms with Gasteiger partial charge in [-0.1, -0.05) is 51.1 Å². The number of hydrogen-bond acceptors (Lipinski definition) is 3. The van der Waals surface area contributed by atoms with Crippen LogP contribution >= 0.6 is 0 Å². The van der Waals surface area contributed by atoms with E-state index in [-0.39, 0.29) is 5.91 Å². The lowest BCUT2D eigenvalue weighted by Gasteiger charge is -2.27. The van der Waals surface area contributed by atoms with Crippen LogP contribution in [0.1, 0.15) is 57.7 Å². The first-order chi connectivity index (χ1) is 12.7. The largest absolute Gasteiger partial charge is 0.310 e. The zero-order valence-corrected chi connectivity index (χ0v) is 17.5. The Morgan fingerprint density at radius 1 is 1.19 bits per heavy atom. The molecule has 1 N–H and O–H groups in total. The molecule has 0 radical (unpaired) electrons. The molecule has 0 spiro atoms. The molecule has 0 aliphatic carbocycles. The first-order valence-corrected chi connectivity index (χ1v) is 9.78. The number of rotatable bonds is 8. The van der Waals surface area contributed by atoms with Crippen molar-refractivity contribution in [1.82, 2.24) is 9.88 Å². The van der Waals surface area contributed by atoms with Gasteiger partial charge < -0.3 is 5.32 Å². The number of anilines is 1. The lowest BCUT2D eigenvalue weighted by Crippen LogP contribution is -2.31. The minimum atomic E-state index is -0.399. The predicted octanol–water partition coefficient (Wildman–Crippen LogP) is 5.18. The molecule has 2 aromatic rings. The monoisotopic (exact) mass is 367 g/mol. The molecule has 4 nitrogen and oxygen atoms in total. The third-order valence-corrected chi connectivity index (χ3v) is 5.29. The van der Waals surface area contributed by atoms with Gasteiger partial charge in [-0.05, 0) is 49.9 Å². The summed E-state index contributed by atoms with van der Waals surface area (Å²) in [6.07, 6.45) is 2.64. The van der Waals surface area contributed by atoms with Crippen LogP contribution in [-0.4, -0.2) is 21.8 Å². The smallest absolute Gasteiger partial charge is 0.231 e. The van der Waals surface area contributed by atoms with Gasteiger partial charge in [0.2, 0.25) is 5.91 Å². The van der Waals surface area contributed by atoms with Gasteiger partial charge in [-0.3, -0.25) is 9.69 Å². The minimum absolute atomic E-state index is 0.0114. The summed E-state index contributed by atoms with van der Waals surface area (Å²) in [7, 11) is 0. The zero-order chi connectivity index (χ0) is 20.0. The first kappa shape index (κ1) is 21.1. The van der Waals surface area contributed by atoms with Crippen molar-refractivity contribution in [3.05, 3.63) is 59.3 Å². The Morgan fingerprint density at radius 2 is 1.85 bits per heavy atom. The van der Waals surface area contributed by atoms with Gasteiger partial charge in [0.25, 0.3) is 0 Å². The van der Waals surface area contributed by atoms with Gasteiger partial charge in [0.15, 0.2) is 0 Å². The number of pyridine rings is 1. The van der Waals surface area contributed by atoms with Gasteiger partial charge in [0.05, 0.1) is 0 Å². The van der Waals surface area contributed by atoms with Gasteiger partial charge in [0.1, 0.15) is 5.82 Å². The molecule has 0 fully saturated rings. The second-order valence-electron chi connectivity index (χ2n) is 8.17. The van der Waals surface area contributed by atoms with E-state index in [0.29, 0.717) is 11.9 Å².